The third kappa shape index (κ3) is 3.01. The third-order valence-corrected chi connectivity index (χ3v) is 1.65. The van der Waals surface area contributed by atoms with E-state index in [0.29, 0.717) is 11.4 Å². The maximum atomic E-state index is 11.6. The summed E-state index contributed by atoms with van der Waals surface area (Å²) < 4.78 is 0. The zero-order valence-corrected chi connectivity index (χ0v) is 8.93. The minimum Gasteiger partial charge on any atom is -0.265 e. The molecule has 0 saturated carbocycles. The summed E-state index contributed by atoms with van der Waals surface area (Å²) >= 11 is 0. The van der Waals surface area contributed by atoms with Crippen molar-refractivity contribution >= 4 is 12.1 Å². The molecule has 0 bridgehead atoms. The molecule has 0 aliphatic carbocycles. The van der Waals surface area contributed by atoms with Crippen molar-refractivity contribution in [3.63, 3.8) is 0 Å². The van der Waals surface area contributed by atoms with Crippen molar-refractivity contribution in [2.75, 3.05) is 7.05 Å². The molecule has 0 aliphatic heterocycles. The fraction of sp³-hybridized carbons (Fsp3) is 0.333. The number of hydrogen-bond acceptors (Lipinski definition) is 5. The standard InChI is InChI=1S/C9H13N5O/c1-4-12-14(3)13-9(15)8-7(2)10-5-6-11-8/h4-6H,1-3H3,(H,13,15)/b12-4-. The maximum Gasteiger partial charge on any atom is 0.291 e. The Morgan fingerprint density at radius 1 is 1.53 bits per heavy atom. The normalized spacial score (nSPS) is 10.3. The van der Waals surface area contributed by atoms with E-state index in [1.54, 1.807) is 33.3 Å². The van der Waals surface area contributed by atoms with Gasteiger partial charge < -0.3 is 0 Å². The molecule has 0 saturated heterocycles. The van der Waals surface area contributed by atoms with E-state index in [9.17, 15) is 4.79 Å². The van der Waals surface area contributed by atoms with Gasteiger partial charge in [-0.15, -0.1) is 0 Å². The van der Waals surface area contributed by atoms with Gasteiger partial charge in [-0.3, -0.25) is 9.78 Å². The van der Waals surface area contributed by atoms with Gasteiger partial charge in [0, 0.05) is 25.7 Å². The second kappa shape index (κ2) is 5.04. The van der Waals surface area contributed by atoms with Gasteiger partial charge in [-0.1, -0.05) is 0 Å². The lowest BCUT2D eigenvalue weighted by Crippen LogP contribution is -2.36. The summed E-state index contributed by atoms with van der Waals surface area (Å²) in [5.41, 5.74) is 3.42. The van der Waals surface area contributed by atoms with E-state index in [4.69, 9.17) is 0 Å². The molecule has 0 fully saturated rings. The van der Waals surface area contributed by atoms with Crippen molar-refractivity contribution in [2.45, 2.75) is 13.8 Å². The Hall–Kier alpha value is -1.98. The first-order valence-electron chi connectivity index (χ1n) is 4.46. The van der Waals surface area contributed by atoms with E-state index in [1.165, 1.54) is 11.3 Å². The molecule has 0 radical (unpaired) electrons. The summed E-state index contributed by atoms with van der Waals surface area (Å²) in [7, 11) is 1.63. The molecule has 1 N–H and O–H groups in total. The van der Waals surface area contributed by atoms with Crippen LogP contribution in [-0.2, 0) is 0 Å². The smallest absolute Gasteiger partial charge is 0.265 e. The first-order chi connectivity index (χ1) is 7.15. The van der Waals surface area contributed by atoms with E-state index in [1.807, 2.05) is 0 Å². The number of aryl methyl sites for hydroxylation is 1. The highest BCUT2D eigenvalue weighted by Crippen LogP contribution is 1.98. The first-order valence-corrected chi connectivity index (χ1v) is 4.46. The minimum absolute atomic E-state index is 0.302. The Labute approximate surface area is 88.0 Å². The van der Waals surface area contributed by atoms with Crippen LogP contribution in [0.1, 0.15) is 23.1 Å². The molecule has 6 nitrogen and oxygen atoms in total. The van der Waals surface area contributed by atoms with Gasteiger partial charge in [-0.05, 0) is 13.8 Å². The van der Waals surface area contributed by atoms with Crippen molar-refractivity contribution in [3.05, 3.63) is 23.8 Å². The van der Waals surface area contributed by atoms with Crippen LogP contribution in [0.4, 0.5) is 0 Å². The summed E-state index contributed by atoms with van der Waals surface area (Å²) in [5, 5.41) is 5.16. The number of hydrazine groups is 1. The molecule has 1 aromatic heterocycles. The van der Waals surface area contributed by atoms with Crippen molar-refractivity contribution in [2.24, 2.45) is 5.10 Å². The van der Waals surface area contributed by atoms with Crippen LogP contribution in [0.25, 0.3) is 0 Å². The molecular formula is C9H13N5O. The summed E-state index contributed by atoms with van der Waals surface area (Å²) in [5.74, 6) is -0.325. The van der Waals surface area contributed by atoms with Crippen LogP contribution in [0.3, 0.4) is 0 Å². The molecule has 1 heterocycles. The number of hydrazone groups is 1. The lowest BCUT2D eigenvalue weighted by Gasteiger charge is -2.13. The average Bonchev–Trinajstić information content (AvgIpc) is 2.18. The van der Waals surface area contributed by atoms with Gasteiger partial charge in [-0.25, -0.2) is 15.5 Å². The van der Waals surface area contributed by atoms with Gasteiger partial charge in [0.1, 0.15) is 0 Å². The predicted octanol–water partition coefficient (Wildman–Crippen LogP) is 0.367. The third-order valence-electron chi connectivity index (χ3n) is 1.65. The molecule has 15 heavy (non-hydrogen) atoms. The second-order valence-corrected chi connectivity index (χ2v) is 2.83. The second-order valence-electron chi connectivity index (χ2n) is 2.83. The first kappa shape index (κ1) is 11.1. The Morgan fingerprint density at radius 3 is 2.80 bits per heavy atom. The lowest BCUT2D eigenvalue weighted by atomic mass is 10.3. The SMILES string of the molecule is C/C=N\N(C)NC(=O)c1nccnc1C. The molecule has 1 aromatic rings. The Kier molecular flexibility index (Phi) is 3.73. The van der Waals surface area contributed by atoms with Gasteiger partial charge in [0.25, 0.3) is 5.91 Å². The monoisotopic (exact) mass is 207 g/mol. The zero-order chi connectivity index (χ0) is 11.3. The van der Waals surface area contributed by atoms with Crippen molar-refractivity contribution in [1.82, 2.24) is 20.5 Å². The highest BCUT2D eigenvalue weighted by atomic mass is 16.2. The minimum atomic E-state index is -0.325. The largest absolute Gasteiger partial charge is 0.291 e. The zero-order valence-electron chi connectivity index (χ0n) is 8.93. The summed E-state index contributed by atoms with van der Waals surface area (Å²) in [6.45, 7) is 3.49. The molecule has 0 atom stereocenters. The van der Waals surface area contributed by atoms with Crippen LogP contribution < -0.4 is 5.43 Å². The number of nitrogens with one attached hydrogen (secondary N) is 1. The van der Waals surface area contributed by atoms with E-state index in [-0.39, 0.29) is 5.91 Å². The van der Waals surface area contributed by atoms with Gasteiger partial charge in [0.05, 0.1) is 5.69 Å². The van der Waals surface area contributed by atoms with Gasteiger partial charge in [0.15, 0.2) is 5.69 Å². The van der Waals surface area contributed by atoms with Crippen LogP contribution in [0.15, 0.2) is 17.5 Å². The average molecular weight is 207 g/mol. The fourth-order valence-electron chi connectivity index (χ4n) is 1.03. The van der Waals surface area contributed by atoms with Gasteiger partial charge >= 0.3 is 0 Å². The highest BCUT2D eigenvalue weighted by molar-refractivity contribution is 5.92. The number of carbonyl (C=O) groups excluding carboxylic acids is 1. The molecule has 0 aliphatic rings. The van der Waals surface area contributed by atoms with E-state index in [0.717, 1.165) is 0 Å². The topological polar surface area (TPSA) is 70.5 Å². The number of nitrogens with zero attached hydrogens (tertiary/aromatic N) is 4. The Balaban J connectivity index is 2.74. The maximum absolute atomic E-state index is 11.6. The number of amides is 1. The number of hydrogen-bond donors (Lipinski definition) is 1. The molecule has 1 amide bonds. The number of rotatable bonds is 3. The van der Waals surface area contributed by atoms with Crippen LogP contribution in [0, 0.1) is 6.92 Å². The fourth-order valence-corrected chi connectivity index (χ4v) is 1.03. The summed E-state index contributed by atoms with van der Waals surface area (Å²) in [6.07, 6.45) is 4.59. The van der Waals surface area contributed by atoms with Crippen molar-refractivity contribution in [3.8, 4) is 0 Å². The number of carbonyl (C=O) groups is 1. The molecular weight excluding hydrogens is 194 g/mol. The van der Waals surface area contributed by atoms with E-state index < -0.39 is 0 Å². The molecule has 0 aromatic carbocycles. The Morgan fingerprint density at radius 2 is 2.20 bits per heavy atom. The van der Waals surface area contributed by atoms with Gasteiger partial charge in [0.2, 0.25) is 0 Å². The van der Waals surface area contributed by atoms with Crippen LogP contribution >= 0.6 is 0 Å². The van der Waals surface area contributed by atoms with E-state index >= 15 is 0 Å². The molecule has 0 unspecified atom stereocenters. The van der Waals surface area contributed by atoms with Crippen LogP contribution in [0.2, 0.25) is 0 Å². The molecule has 80 valence electrons. The molecule has 1 rings (SSSR count). The predicted molar refractivity (Wildman–Crippen MR) is 56.2 cm³/mol. The lowest BCUT2D eigenvalue weighted by molar-refractivity contribution is 0.0827. The van der Waals surface area contributed by atoms with Gasteiger partial charge in [-0.2, -0.15) is 5.10 Å². The molecule has 6 heteroatoms. The molecule has 0 spiro atoms. The van der Waals surface area contributed by atoms with Crippen molar-refractivity contribution in [1.29, 1.82) is 0 Å². The number of aromatic nitrogens is 2. The van der Waals surface area contributed by atoms with Crippen LogP contribution in [-0.4, -0.2) is 34.3 Å². The summed E-state index contributed by atoms with van der Waals surface area (Å²) in [4.78, 5) is 19.5. The van der Waals surface area contributed by atoms with Crippen molar-refractivity contribution < 1.29 is 4.79 Å². The quantitative estimate of drug-likeness (QED) is 0.574. The summed E-state index contributed by atoms with van der Waals surface area (Å²) in [6, 6.07) is 0. The highest BCUT2D eigenvalue weighted by Gasteiger charge is 2.11. The Bertz CT molecular complexity index is 377. The van der Waals surface area contributed by atoms with Crippen LogP contribution in [0.5, 0.6) is 0 Å². The van der Waals surface area contributed by atoms with E-state index in [2.05, 4.69) is 20.5 Å².